The van der Waals surface area contributed by atoms with Crippen LogP contribution in [-0.4, -0.2) is 34.4 Å². The number of anilines is 2. The standard InChI is InChI=1S/C24H20F3N5O2S/c1-34-17-7-4-13(25)8-18(17)35-32-16-6-5-15(26)20(21(16)27)22(33)14-10-29-24-19(14)23(30-11-31-24)28-9-12-2-3-12/h4-8,10-12,32H,2-3,9H2,1H3,(H2,28,29,30,31). The maximum absolute atomic E-state index is 15.4. The Morgan fingerprint density at radius 3 is 2.80 bits per heavy atom. The Labute approximate surface area is 202 Å². The highest BCUT2D eigenvalue weighted by atomic mass is 32.2. The number of fused-ring (bicyclic) bond motifs is 1. The van der Waals surface area contributed by atoms with E-state index in [1.165, 1.54) is 43.9 Å². The van der Waals surface area contributed by atoms with Gasteiger partial charge in [-0.05, 0) is 61.0 Å². The van der Waals surface area contributed by atoms with Crippen LogP contribution in [0.5, 0.6) is 5.75 Å². The molecule has 0 saturated heterocycles. The van der Waals surface area contributed by atoms with Gasteiger partial charge in [0.1, 0.15) is 35.2 Å². The molecule has 3 N–H and O–H groups in total. The van der Waals surface area contributed by atoms with Crippen molar-refractivity contribution < 1.29 is 22.7 Å². The van der Waals surface area contributed by atoms with Crippen molar-refractivity contribution in [3.63, 3.8) is 0 Å². The van der Waals surface area contributed by atoms with Crippen LogP contribution in [0, 0.1) is 23.4 Å². The van der Waals surface area contributed by atoms with Crippen LogP contribution in [0.15, 0.2) is 47.8 Å². The monoisotopic (exact) mass is 499 g/mol. The van der Waals surface area contributed by atoms with Gasteiger partial charge in [0.2, 0.25) is 5.78 Å². The first-order valence-corrected chi connectivity index (χ1v) is 11.6. The van der Waals surface area contributed by atoms with E-state index in [1.54, 1.807) is 0 Å². The summed E-state index contributed by atoms with van der Waals surface area (Å²) in [6, 6.07) is 6.05. The van der Waals surface area contributed by atoms with Gasteiger partial charge in [-0.3, -0.25) is 4.79 Å². The highest BCUT2D eigenvalue weighted by Crippen LogP contribution is 2.34. The molecule has 7 nitrogen and oxygen atoms in total. The van der Waals surface area contributed by atoms with Gasteiger partial charge in [0.15, 0.2) is 5.82 Å². The fourth-order valence-corrected chi connectivity index (χ4v) is 4.45. The van der Waals surface area contributed by atoms with Gasteiger partial charge >= 0.3 is 0 Å². The summed E-state index contributed by atoms with van der Waals surface area (Å²) < 4.78 is 51.7. The van der Waals surface area contributed by atoms with Crippen molar-refractivity contribution in [2.75, 3.05) is 23.7 Å². The molecule has 0 bridgehead atoms. The minimum absolute atomic E-state index is 0.0494. The summed E-state index contributed by atoms with van der Waals surface area (Å²) in [4.78, 5) is 24.9. The SMILES string of the molecule is COc1ccc(F)cc1SNc1ccc(F)c(C(=O)c2c[nH]c3ncnc(NCC4CC4)c23)c1F. The van der Waals surface area contributed by atoms with Crippen LogP contribution in [0.3, 0.4) is 0 Å². The number of ether oxygens (including phenoxy) is 1. The van der Waals surface area contributed by atoms with Crippen LogP contribution < -0.4 is 14.8 Å². The zero-order valence-corrected chi connectivity index (χ0v) is 19.3. The average Bonchev–Trinajstić information content (AvgIpc) is 3.58. The summed E-state index contributed by atoms with van der Waals surface area (Å²) in [5.41, 5.74) is -0.437. The van der Waals surface area contributed by atoms with E-state index in [0.717, 1.165) is 30.9 Å². The summed E-state index contributed by atoms with van der Waals surface area (Å²) in [6.45, 7) is 0.688. The first-order chi connectivity index (χ1) is 17.0. The molecule has 2 heterocycles. The van der Waals surface area contributed by atoms with Crippen molar-refractivity contribution >= 4 is 40.3 Å². The first-order valence-electron chi connectivity index (χ1n) is 10.8. The topological polar surface area (TPSA) is 91.9 Å². The van der Waals surface area contributed by atoms with Crippen LogP contribution in [0.1, 0.15) is 28.8 Å². The molecule has 0 atom stereocenters. The molecule has 4 aromatic rings. The Kier molecular flexibility index (Phi) is 6.25. The number of ketones is 1. The second-order valence-corrected chi connectivity index (χ2v) is 8.93. The summed E-state index contributed by atoms with van der Waals surface area (Å²) >= 11 is 0.872. The summed E-state index contributed by atoms with van der Waals surface area (Å²) in [7, 11) is 1.42. The Morgan fingerprint density at radius 2 is 2.03 bits per heavy atom. The van der Waals surface area contributed by atoms with Crippen molar-refractivity contribution in [2.24, 2.45) is 5.92 Å². The van der Waals surface area contributed by atoms with E-state index in [9.17, 15) is 13.6 Å². The van der Waals surface area contributed by atoms with Gasteiger partial charge in [0.05, 0.1) is 34.2 Å². The molecule has 0 amide bonds. The van der Waals surface area contributed by atoms with E-state index >= 15 is 4.39 Å². The molecule has 0 aliphatic heterocycles. The van der Waals surface area contributed by atoms with Crippen LogP contribution in [0.2, 0.25) is 0 Å². The van der Waals surface area contributed by atoms with Crippen molar-refractivity contribution in [1.82, 2.24) is 15.0 Å². The third kappa shape index (κ3) is 4.63. The summed E-state index contributed by atoms with van der Waals surface area (Å²) in [5.74, 6) is -2.10. The van der Waals surface area contributed by atoms with Crippen LogP contribution in [0.25, 0.3) is 11.0 Å². The highest BCUT2D eigenvalue weighted by Gasteiger charge is 2.27. The number of nitrogens with zero attached hydrogens (tertiary/aromatic N) is 2. The Hall–Kier alpha value is -3.73. The number of carbonyl (C=O) groups excluding carboxylic acids is 1. The van der Waals surface area contributed by atoms with E-state index in [2.05, 4.69) is 25.0 Å². The number of nitrogens with one attached hydrogen (secondary N) is 3. The summed E-state index contributed by atoms with van der Waals surface area (Å²) in [6.07, 6.45) is 4.97. The largest absolute Gasteiger partial charge is 0.496 e. The second-order valence-electron chi connectivity index (χ2n) is 8.08. The number of aromatic amines is 1. The molecule has 0 unspecified atom stereocenters. The predicted molar refractivity (Wildman–Crippen MR) is 127 cm³/mol. The molecule has 1 saturated carbocycles. The van der Waals surface area contributed by atoms with Gasteiger partial charge in [-0.2, -0.15) is 0 Å². The van der Waals surface area contributed by atoms with Crippen LogP contribution in [-0.2, 0) is 0 Å². The normalized spacial score (nSPS) is 13.1. The second kappa shape index (κ2) is 9.49. The van der Waals surface area contributed by atoms with Gasteiger partial charge in [-0.1, -0.05) is 0 Å². The van der Waals surface area contributed by atoms with E-state index in [-0.39, 0.29) is 11.3 Å². The molecule has 2 aromatic carbocycles. The first kappa shape index (κ1) is 23.0. The summed E-state index contributed by atoms with van der Waals surface area (Å²) in [5, 5.41) is 3.58. The Balaban J connectivity index is 1.46. The van der Waals surface area contributed by atoms with Crippen molar-refractivity contribution in [2.45, 2.75) is 17.7 Å². The molecule has 11 heteroatoms. The Morgan fingerprint density at radius 1 is 1.20 bits per heavy atom. The van der Waals surface area contributed by atoms with E-state index in [4.69, 9.17) is 4.74 Å². The van der Waals surface area contributed by atoms with Crippen molar-refractivity contribution in [1.29, 1.82) is 0 Å². The number of methoxy groups -OCH3 is 1. The van der Waals surface area contributed by atoms with E-state index < -0.39 is 28.8 Å². The number of benzene rings is 2. The maximum Gasteiger partial charge on any atom is 0.201 e. The van der Waals surface area contributed by atoms with Crippen molar-refractivity contribution in [3.8, 4) is 5.75 Å². The number of halogens is 3. The smallest absolute Gasteiger partial charge is 0.201 e. The van der Waals surface area contributed by atoms with Gasteiger partial charge in [-0.25, -0.2) is 23.1 Å². The minimum atomic E-state index is -1.07. The molecule has 1 fully saturated rings. The minimum Gasteiger partial charge on any atom is -0.496 e. The molecule has 35 heavy (non-hydrogen) atoms. The van der Waals surface area contributed by atoms with Crippen molar-refractivity contribution in [3.05, 3.63) is 71.4 Å². The van der Waals surface area contributed by atoms with Gasteiger partial charge in [0.25, 0.3) is 0 Å². The highest BCUT2D eigenvalue weighted by molar-refractivity contribution is 8.00. The fourth-order valence-electron chi connectivity index (χ4n) is 3.65. The maximum atomic E-state index is 15.4. The fraction of sp³-hybridized carbons (Fsp3) is 0.208. The lowest BCUT2D eigenvalue weighted by Gasteiger charge is -2.13. The number of carbonyl (C=O) groups is 1. The third-order valence-corrected chi connectivity index (χ3v) is 6.55. The lowest BCUT2D eigenvalue weighted by atomic mass is 10.0. The molecule has 0 spiro atoms. The molecule has 2 aromatic heterocycles. The zero-order chi connectivity index (χ0) is 24.5. The van der Waals surface area contributed by atoms with Gasteiger partial charge in [-0.15, -0.1) is 0 Å². The molecular formula is C24H20F3N5O2S. The Bertz CT molecular complexity index is 1420. The van der Waals surface area contributed by atoms with E-state index in [0.29, 0.717) is 40.0 Å². The number of H-pyrrole nitrogens is 1. The van der Waals surface area contributed by atoms with Crippen LogP contribution in [0.4, 0.5) is 24.7 Å². The number of rotatable bonds is 9. The molecule has 1 aliphatic carbocycles. The molecule has 180 valence electrons. The average molecular weight is 500 g/mol. The quantitative estimate of drug-likeness (QED) is 0.205. The zero-order valence-electron chi connectivity index (χ0n) is 18.5. The van der Waals surface area contributed by atoms with Crippen LogP contribution >= 0.6 is 11.9 Å². The molecule has 1 aliphatic rings. The van der Waals surface area contributed by atoms with E-state index in [1.807, 2.05) is 0 Å². The number of hydrogen-bond donors (Lipinski definition) is 3. The third-order valence-electron chi connectivity index (χ3n) is 5.68. The van der Waals surface area contributed by atoms with Gasteiger partial charge in [0, 0.05) is 12.7 Å². The molecule has 5 rings (SSSR count). The number of hydrogen-bond acceptors (Lipinski definition) is 7. The lowest BCUT2D eigenvalue weighted by molar-refractivity contribution is 0.103. The lowest BCUT2D eigenvalue weighted by Crippen LogP contribution is -2.11. The molecule has 0 radical (unpaired) electrons. The predicted octanol–water partition coefficient (Wildman–Crippen LogP) is 5.56. The van der Waals surface area contributed by atoms with Gasteiger partial charge < -0.3 is 19.8 Å². The number of aromatic nitrogens is 3. The molecular weight excluding hydrogens is 479 g/mol.